The van der Waals surface area contributed by atoms with Gasteiger partial charge < -0.3 is 4.74 Å². The number of hydrogen-bond donors (Lipinski definition) is 0. The van der Waals surface area contributed by atoms with Gasteiger partial charge in [0.05, 0.1) is 5.92 Å². The van der Waals surface area contributed by atoms with Crippen LogP contribution in [0.4, 0.5) is 0 Å². The van der Waals surface area contributed by atoms with Gasteiger partial charge >= 0.3 is 0 Å². The van der Waals surface area contributed by atoms with Gasteiger partial charge in [-0.1, -0.05) is 54.2 Å². The minimum absolute atomic E-state index is 0.0622. The molecule has 2 heterocycles. The van der Waals surface area contributed by atoms with Crippen LogP contribution in [-0.2, 0) is 6.42 Å². The van der Waals surface area contributed by atoms with Crippen LogP contribution in [-0.4, -0.2) is 16.7 Å². The predicted octanol–water partition coefficient (Wildman–Crippen LogP) is 4.08. The van der Waals surface area contributed by atoms with Crippen LogP contribution in [0, 0.1) is 5.92 Å². The van der Waals surface area contributed by atoms with Crippen molar-refractivity contribution >= 4 is 40.5 Å². The Hall–Kier alpha value is -2.04. The summed E-state index contributed by atoms with van der Waals surface area (Å²) in [4.78, 5) is 9.64. The van der Waals surface area contributed by atoms with E-state index in [0.29, 0.717) is 21.7 Å². The number of fused-ring (bicyclic) bond motifs is 2. The van der Waals surface area contributed by atoms with Crippen molar-refractivity contribution in [2.24, 2.45) is 15.9 Å². The molecule has 4 rings (SSSR count). The largest absolute Gasteiger partial charge is 0.442 e. The molecule has 108 valence electrons. The van der Waals surface area contributed by atoms with Crippen LogP contribution in [0.5, 0.6) is 5.75 Å². The van der Waals surface area contributed by atoms with Gasteiger partial charge in [0, 0.05) is 10.6 Å². The molecule has 0 aromatic heterocycles. The summed E-state index contributed by atoms with van der Waals surface area (Å²) in [7, 11) is 0. The average molecular weight is 327 g/mol. The minimum atomic E-state index is -0.0622. The molecular weight excluding hydrogens is 316 g/mol. The quantitative estimate of drug-likeness (QED) is 0.740. The zero-order valence-electron chi connectivity index (χ0n) is 11.5. The summed E-state index contributed by atoms with van der Waals surface area (Å²) in [5.41, 5.74) is 1.97. The highest BCUT2D eigenvalue weighted by Crippen LogP contribution is 2.31. The molecule has 0 radical (unpaired) electrons. The number of ether oxygens (including phenoxy) is 1. The van der Waals surface area contributed by atoms with Crippen molar-refractivity contribution in [2.45, 2.75) is 6.42 Å². The van der Waals surface area contributed by atoms with Crippen LogP contribution >= 0.6 is 23.8 Å². The first-order valence-electron chi connectivity index (χ1n) is 6.93. The number of aliphatic imine (C=N–C) groups is 2. The van der Waals surface area contributed by atoms with Gasteiger partial charge in [-0.05, 0) is 30.2 Å². The van der Waals surface area contributed by atoms with Crippen molar-refractivity contribution in [3.05, 3.63) is 64.7 Å². The standard InChI is InChI=1S/C17H11ClN2OS/c18-12-6-3-5-11(8-12)15-19-16-13(17(22)20-15)9-10-4-1-2-7-14(10)21-16/h1-8,13H,9H2. The molecule has 5 heteroatoms. The molecule has 0 spiro atoms. The van der Waals surface area contributed by atoms with E-state index in [2.05, 4.69) is 9.98 Å². The van der Waals surface area contributed by atoms with Crippen LogP contribution in [0.3, 0.4) is 0 Å². The SMILES string of the molecule is S=C1N=C(c2cccc(Cl)c2)N=C2Oc3ccccc3CC12. The third kappa shape index (κ3) is 2.34. The third-order valence-corrected chi connectivity index (χ3v) is 4.33. The Morgan fingerprint density at radius 3 is 2.82 bits per heavy atom. The Bertz CT molecular complexity index is 844. The van der Waals surface area contributed by atoms with Crippen molar-refractivity contribution in [3.63, 3.8) is 0 Å². The van der Waals surface area contributed by atoms with Gasteiger partial charge in [-0.25, -0.2) is 4.99 Å². The van der Waals surface area contributed by atoms with Crippen LogP contribution in [0.15, 0.2) is 58.5 Å². The topological polar surface area (TPSA) is 34.0 Å². The molecule has 0 bridgehead atoms. The summed E-state index contributed by atoms with van der Waals surface area (Å²) in [6.45, 7) is 0. The van der Waals surface area contributed by atoms with E-state index in [1.807, 2.05) is 48.5 Å². The van der Waals surface area contributed by atoms with Crippen molar-refractivity contribution in [2.75, 3.05) is 0 Å². The monoisotopic (exact) mass is 326 g/mol. The van der Waals surface area contributed by atoms with E-state index < -0.39 is 0 Å². The van der Waals surface area contributed by atoms with E-state index in [9.17, 15) is 0 Å². The summed E-state index contributed by atoms with van der Waals surface area (Å²) in [5, 5.41) is 0.642. The number of rotatable bonds is 1. The molecule has 2 aromatic rings. The van der Waals surface area contributed by atoms with Crippen LogP contribution < -0.4 is 4.74 Å². The van der Waals surface area contributed by atoms with E-state index in [-0.39, 0.29) is 5.92 Å². The van der Waals surface area contributed by atoms with E-state index in [4.69, 9.17) is 28.6 Å². The van der Waals surface area contributed by atoms with Crippen molar-refractivity contribution in [1.82, 2.24) is 0 Å². The van der Waals surface area contributed by atoms with Gasteiger partial charge in [-0.3, -0.25) is 0 Å². The highest BCUT2D eigenvalue weighted by Gasteiger charge is 2.33. The van der Waals surface area contributed by atoms with Gasteiger partial charge in [0.25, 0.3) is 0 Å². The number of para-hydroxylation sites is 1. The minimum Gasteiger partial charge on any atom is -0.442 e. The molecular formula is C17H11ClN2OS. The fourth-order valence-corrected chi connectivity index (χ4v) is 3.09. The molecule has 3 nitrogen and oxygen atoms in total. The molecule has 2 aromatic carbocycles. The molecule has 2 aliphatic rings. The maximum Gasteiger partial charge on any atom is 0.207 e. The molecule has 0 saturated heterocycles. The fourth-order valence-electron chi connectivity index (χ4n) is 2.63. The first-order chi connectivity index (χ1) is 10.7. The maximum atomic E-state index is 6.04. The van der Waals surface area contributed by atoms with Crippen LogP contribution in [0.1, 0.15) is 11.1 Å². The van der Waals surface area contributed by atoms with E-state index in [0.717, 1.165) is 23.3 Å². The number of benzene rings is 2. The highest BCUT2D eigenvalue weighted by atomic mass is 35.5. The molecule has 0 aliphatic carbocycles. The first kappa shape index (κ1) is 13.6. The molecule has 1 atom stereocenters. The summed E-state index contributed by atoms with van der Waals surface area (Å²) in [6.07, 6.45) is 0.778. The first-order valence-corrected chi connectivity index (χ1v) is 7.72. The second-order valence-electron chi connectivity index (χ2n) is 5.20. The lowest BCUT2D eigenvalue weighted by atomic mass is 9.94. The van der Waals surface area contributed by atoms with Crippen molar-refractivity contribution in [3.8, 4) is 5.75 Å². The smallest absolute Gasteiger partial charge is 0.207 e. The van der Waals surface area contributed by atoms with Crippen LogP contribution in [0.25, 0.3) is 0 Å². The van der Waals surface area contributed by atoms with Crippen molar-refractivity contribution < 1.29 is 4.74 Å². The second kappa shape index (κ2) is 5.30. The lowest BCUT2D eigenvalue weighted by Crippen LogP contribution is -2.36. The predicted molar refractivity (Wildman–Crippen MR) is 92.3 cm³/mol. The van der Waals surface area contributed by atoms with Gasteiger partial charge in [0.15, 0.2) is 5.84 Å². The second-order valence-corrected chi connectivity index (χ2v) is 6.06. The van der Waals surface area contributed by atoms with Gasteiger partial charge in [-0.15, -0.1) is 0 Å². The number of halogens is 1. The summed E-state index contributed by atoms with van der Waals surface area (Å²) in [6, 6.07) is 15.4. The Kier molecular flexibility index (Phi) is 3.28. The molecule has 0 amide bonds. The van der Waals surface area contributed by atoms with E-state index >= 15 is 0 Å². The summed E-state index contributed by atoms with van der Waals surface area (Å²) in [5.74, 6) is 1.95. The van der Waals surface area contributed by atoms with Crippen molar-refractivity contribution in [1.29, 1.82) is 0 Å². The van der Waals surface area contributed by atoms with Gasteiger partial charge in [0.2, 0.25) is 5.90 Å². The number of amidine groups is 1. The van der Waals surface area contributed by atoms with Crippen LogP contribution in [0.2, 0.25) is 5.02 Å². The summed E-state index contributed by atoms with van der Waals surface area (Å²) < 4.78 is 5.94. The lowest BCUT2D eigenvalue weighted by molar-refractivity contribution is 0.482. The molecule has 22 heavy (non-hydrogen) atoms. The lowest BCUT2D eigenvalue weighted by Gasteiger charge is -2.28. The summed E-state index contributed by atoms with van der Waals surface area (Å²) >= 11 is 11.5. The van der Waals surface area contributed by atoms with E-state index in [1.54, 1.807) is 0 Å². The number of hydrogen-bond acceptors (Lipinski definition) is 3. The Morgan fingerprint density at radius 2 is 1.95 bits per heavy atom. The van der Waals surface area contributed by atoms with Gasteiger partial charge in [-0.2, -0.15) is 4.99 Å². The Labute approximate surface area is 138 Å². The highest BCUT2D eigenvalue weighted by molar-refractivity contribution is 7.80. The van der Waals surface area contributed by atoms with Gasteiger partial charge in [0.1, 0.15) is 10.7 Å². The Morgan fingerprint density at radius 1 is 1.09 bits per heavy atom. The fraction of sp³-hybridized carbons (Fsp3) is 0.118. The Balaban J connectivity index is 1.75. The zero-order valence-corrected chi connectivity index (χ0v) is 13.1. The van der Waals surface area contributed by atoms with E-state index in [1.165, 1.54) is 0 Å². The molecule has 0 saturated carbocycles. The number of thiocarbonyl (C=S) groups is 1. The number of nitrogens with zero attached hydrogens (tertiary/aromatic N) is 2. The molecule has 1 unspecified atom stereocenters. The zero-order chi connectivity index (χ0) is 15.1. The maximum absolute atomic E-state index is 6.04. The average Bonchev–Trinajstić information content (AvgIpc) is 2.53. The molecule has 0 fully saturated rings. The molecule has 2 aliphatic heterocycles. The normalized spacial score (nSPS) is 19.5. The third-order valence-electron chi connectivity index (χ3n) is 3.72. The molecule has 0 N–H and O–H groups in total.